The Morgan fingerprint density at radius 1 is 1.22 bits per heavy atom. The SMILES string of the molecule is O=c1/c(=C\c2cccs2)sc2n1CN(c1ccc(Br)cc1)CN=2. The number of anilines is 1. The molecule has 4 nitrogen and oxygen atoms in total. The lowest BCUT2D eigenvalue weighted by Crippen LogP contribution is -2.42. The molecule has 0 amide bonds. The second kappa shape index (κ2) is 6.07. The minimum Gasteiger partial charge on any atom is -0.334 e. The van der Waals surface area contributed by atoms with E-state index < -0.39 is 0 Å². The number of fused-ring (bicyclic) bond motifs is 1. The van der Waals surface area contributed by atoms with Gasteiger partial charge in [-0.15, -0.1) is 11.3 Å². The van der Waals surface area contributed by atoms with Crippen molar-refractivity contribution in [2.24, 2.45) is 4.99 Å². The van der Waals surface area contributed by atoms with Gasteiger partial charge in [-0.05, 0) is 41.8 Å². The maximum atomic E-state index is 12.6. The van der Waals surface area contributed by atoms with Crippen molar-refractivity contribution in [3.05, 3.63) is 70.8 Å². The molecule has 116 valence electrons. The second-order valence-corrected chi connectivity index (χ2v) is 8.00. The minimum atomic E-state index is 0.0314. The van der Waals surface area contributed by atoms with E-state index in [1.807, 2.05) is 47.9 Å². The van der Waals surface area contributed by atoms with Crippen LogP contribution in [0.15, 0.2) is 56.0 Å². The highest BCUT2D eigenvalue weighted by Gasteiger charge is 2.15. The van der Waals surface area contributed by atoms with Crippen molar-refractivity contribution < 1.29 is 0 Å². The minimum absolute atomic E-state index is 0.0314. The summed E-state index contributed by atoms with van der Waals surface area (Å²) >= 11 is 6.53. The van der Waals surface area contributed by atoms with Crippen LogP contribution >= 0.6 is 38.6 Å². The lowest BCUT2D eigenvalue weighted by atomic mass is 10.3. The Morgan fingerprint density at radius 3 is 2.78 bits per heavy atom. The van der Waals surface area contributed by atoms with Gasteiger partial charge in [-0.25, -0.2) is 4.99 Å². The van der Waals surface area contributed by atoms with Crippen LogP contribution in [-0.4, -0.2) is 11.2 Å². The van der Waals surface area contributed by atoms with E-state index in [0.717, 1.165) is 24.4 Å². The topological polar surface area (TPSA) is 37.6 Å². The summed E-state index contributed by atoms with van der Waals surface area (Å²) in [5.41, 5.74) is 1.09. The molecule has 4 rings (SSSR count). The van der Waals surface area contributed by atoms with Crippen molar-refractivity contribution in [2.75, 3.05) is 11.6 Å². The van der Waals surface area contributed by atoms with E-state index in [0.29, 0.717) is 13.3 Å². The lowest BCUT2D eigenvalue weighted by molar-refractivity contribution is 0.569. The molecule has 0 unspecified atom stereocenters. The summed E-state index contributed by atoms with van der Waals surface area (Å²) in [5, 5.41) is 2.01. The summed E-state index contributed by atoms with van der Waals surface area (Å²) in [4.78, 5) is 21.2. The maximum Gasteiger partial charge on any atom is 0.271 e. The fourth-order valence-corrected chi connectivity index (χ4v) is 4.38. The van der Waals surface area contributed by atoms with E-state index in [4.69, 9.17) is 0 Å². The Labute approximate surface area is 148 Å². The first-order valence-corrected chi connectivity index (χ1v) is 9.49. The molecule has 0 saturated heterocycles. The largest absolute Gasteiger partial charge is 0.334 e. The van der Waals surface area contributed by atoms with Gasteiger partial charge in [0.05, 0.1) is 4.53 Å². The van der Waals surface area contributed by atoms with Crippen molar-refractivity contribution in [3.63, 3.8) is 0 Å². The fourth-order valence-electron chi connectivity index (χ4n) is 2.43. The molecule has 1 aromatic carbocycles. The van der Waals surface area contributed by atoms with Gasteiger partial charge in [0.15, 0.2) is 4.80 Å². The Morgan fingerprint density at radius 2 is 2.04 bits per heavy atom. The number of benzene rings is 1. The normalized spacial score (nSPS) is 14.7. The van der Waals surface area contributed by atoms with Crippen LogP contribution in [0, 0.1) is 0 Å². The van der Waals surface area contributed by atoms with E-state index in [1.165, 1.54) is 11.3 Å². The molecule has 0 bridgehead atoms. The van der Waals surface area contributed by atoms with Crippen LogP contribution in [0.5, 0.6) is 0 Å². The third kappa shape index (κ3) is 2.91. The zero-order chi connectivity index (χ0) is 15.8. The number of hydrogen-bond acceptors (Lipinski definition) is 5. The van der Waals surface area contributed by atoms with Crippen LogP contribution in [0.1, 0.15) is 4.88 Å². The molecule has 3 heterocycles. The van der Waals surface area contributed by atoms with Gasteiger partial charge < -0.3 is 4.90 Å². The number of nitrogens with zero attached hydrogens (tertiary/aromatic N) is 3. The smallest absolute Gasteiger partial charge is 0.271 e. The third-order valence-electron chi connectivity index (χ3n) is 3.59. The summed E-state index contributed by atoms with van der Waals surface area (Å²) in [6.07, 6.45) is 1.95. The van der Waals surface area contributed by atoms with Crippen molar-refractivity contribution in [2.45, 2.75) is 6.67 Å². The Balaban J connectivity index is 1.72. The summed E-state index contributed by atoms with van der Waals surface area (Å²) in [7, 11) is 0. The number of thiazole rings is 1. The van der Waals surface area contributed by atoms with Crippen molar-refractivity contribution in [3.8, 4) is 0 Å². The van der Waals surface area contributed by atoms with Gasteiger partial charge in [0.1, 0.15) is 13.3 Å². The van der Waals surface area contributed by atoms with E-state index >= 15 is 0 Å². The monoisotopic (exact) mass is 405 g/mol. The molecule has 1 aliphatic heterocycles. The zero-order valence-corrected chi connectivity index (χ0v) is 15.2. The summed E-state index contributed by atoms with van der Waals surface area (Å²) in [5.74, 6) is 0. The molecule has 0 fully saturated rings. The van der Waals surface area contributed by atoms with Gasteiger partial charge in [0.2, 0.25) is 0 Å². The molecule has 23 heavy (non-hydrogen) atoms. The van der Waals surface area contributed by atoms with Gasteiger partial charge in [0.25, 0.3) is 5.56 Å². The molecule has 2 aromatic heterocycles. The first-order valence-electron chi connectivity index (χ1n) is 7.00. The predicted molar refractivity (Wildman–Crippen MR) is 98.7 cm³/mol. The number of aromatic nitrogens is 1. The zero-order valence-electron chi connectivity index (χ0n) is 12.0. The third-order valence-corrected chi connectivity index (χ3v) is 5.98. The first-order chi connectivity index (χ1) is 11.2. The van der Waals surface area contributed by atoms with E-state index in [-0.39, 0.29) is 5.56 Å². The van der Waals surface area contributed by atoms with Crippen molar-refractivity contribution in [1.82, 2.24) is 4.57 Å². The average Bonchev–Trinajstić information content (AvgIpc) is 3.17. The molecule has 3 aromatic rings. The van der Waals surface area contributed by atoms with Crippen LogP contribution in [-0.2, 0) is 6.67 Å². The molecule has 0 saturated carbocycles. The molecular formula is C16H12BrN3OS2. The summed E-state index contributed by atoms with van der Waals surface area (Å²) in [6.45, 7) is 1.11. The molecular weight excluding hydrogens is 394 g/mol. The lowest BCUT2D eigenvalue weighted by Gasteiger charge is -2.25. The van der Waals surface area contributed by atoms with Crippen LogP contribution in [0.2, 0.25) is 0 Å². The number of rotatable bonds is 2. The highest BCUT2D eigenvalue weighted by molar-refractivity contribution is 9.10. The fraction of sp³-hybridized carbons (Fsp3) is 0.125. The van der Waals surface area contributed by atoms with Gasteiger partial charge in [-0.1, -0.05) is 33.3 Å². The summed E-state index contributed by atoms with van der Waals surface area (Å²) in [6, 6.07) is 12.1. The molecule has 7 heteroatoms. The van der Waals surface area contributed by atoms with Crippen LogP contribution in [0.4, 0.5) is 5.69 Å². The predicted octanol–water partition coefficient (Wildman–Crippen LogP) is 2.62. The standard InChI is InChI=1S/C16H12BrN3OS2/c17-11-3-5-12(6-4-11)19-9-18-16-20(10-19)15(21)14(23-16)8-13-2-1-7-22-13/h1-8H,9-10H2/b14-8+. The average molecular weight is 406 g/mol. The Hall–Kier alpha value is -1.70. The summed E-state index contributed by atoms with van der Waals surface area (Å²) < 4.78 is 3.52. The Bertz CT molecular complexity index is 1000. The van der Waals surface area contributed by atoms with E-state index in [1.54, 1.807) is 15.9 Å². The van der Waals surface area contributed by atoms with Gasteiger partial charge in [-0.2, -0.15) is 0 Å². The van der Waals surface area contributed by atoms with Gasteiger partial charge >= 0.3 is 0 Å². The number of thiophene rings is 1. The molecule has 0 spiro atoms. The Kier molecular flexibility index (Phi) is 3.92. The molecule has 0 atom stereocenters. The molecule has 1 aliphatic rings. The first kappa shape index (κ1) is 14.9. The van der Waals surface area contributed by atoms with E-state index in [2.05, 4.69) is 25.8 Å². The molecule has 0 radical (unpaired) electrons. The highest BCUT2D eigenvalue weighted by atomic mass is 79.9. The van der Waals surface area contributed by atoms with E-state index in [9.17, 15) is 4.79 Å². The maximum absolute atomic E-state index is 12.6. The number of halogens is 1. The molecule has 0 aliphatic carbocycles. The molecule has 0 N–H and O–H groups in total. The van der Waals surface area contributed by atoms with Crippen molar-refractivity contribution >= 4 is 50.4 Å². The second-order valence-electron chi connectivity index (χ2n) is 5.10. The van der Waals surface area contributed by atoms with Crippen LogP contribution in [0.3, 0.4) is 0 Å². The van der Waals surface area contributed by atoms with Crippen LogP contribution < -0.4 is 19.8 Å². The van der Waals surface area contributed by atoms with Gasteiger partial charge in [-0.3, -0.25) is 9.36 Å². The van der Waals surface area contributed by atoms with Gasteiger partial charge in [0, 0.05) is 15.0 Å². The number of hydrogen-bond donors (Lipinski definition) is 0. The van der Waals surface area contributed by atoms with Crippen LogP contribution in [0.25, 0.3) is 6.08 Å². The quantitative estimate of drug-likeness (QED) is 0.656. The highest BCUT2D eigenvalue weighted by Crippen LogP contribution is 2.19. The van der Waals surface area contributed by atoms with Crippen molar-refractivity contribution in [1.29, 1.82) is 0 Å².